The molecule has 5 heteroatoms. The van der Waals surface area contributed by atoms with Gasteiger partial charge >= 0.3 is 0 Å². The van der Waals surface area contributed by atoms with Crippen molar-refractivity contribution < 1.29 is 14.3 Å². The maximum Gasteiger partial charge on any atom is 0.227 e. The second-order valence-electron chi connectivity index (χ2n) is 6.85. The molecule has 0 saturated carbocycles. The Labute approximate surface area is 161 Å². The largest absolute Gasteiger partial charge is 0.497 e. The van der Waals surface area contributed by atoms with Crippen molar-refractivity contribution in [2.24, 2.45) is 0 Å². The van der Waals surface area contributed by atoms with Gasteiger partial charge in [0.05, 0.1) is 20.6 Å². The zero-order valence-corrected chi connectivity index (χ0v) is 16.2. The lowest BCUT2D eigenvalue weighted by Gasteiger charge is -2.34. The van der Waals surface area contributed by atoms with Crippen molar-refractivity contribution in [3.05, 3.63) is 59.7 Å². The fraction of sp³-hybridized carbons (Fsp3) is 0.409. The molecule has 1 saturated heterocycles. The maximum absolute atomic E-state index is 12.5. The lowest BCUT2D eigenvalue weighted by Crippen LogP contribution is -2.49. The van der Waals surface area contributed by atoms with E-state index in [4.69, 9.17) is 9.47 Å². The van der Waals surface area contributed by atoms with Crippen LogP contribution in [0.25, 0.3) is 0 Å². The van der Waals surface area contributed by atoms with Gasteiger partial charge in [0.1, 0.15) is 11.5 Å². The minimum atomic E-state index is 0.201. The van der Waals surface area contributed by atoms with Gasteiger partial charge in [-0.05, 0) is 41.8 Å². The van der Waals surface area contributed by atoms with E-state index in [1.165, 1.54) is 5.56 Å². The molecule has 0 N–H and O–H groups in total. The Balaban J connectivity index is 1.43. The average Bonchev–Trinajstić information content (AvgIpc) is 2.73. The quantitative estimate of drug-likeness (QED) is 0.753. The van der Waals surface area contributed by atoms with Crippen molar-refractivity contribution in [2.75, 3.05) is 46.9 Å². The summed E-state index contributed by atoms with van der Waals surface area (Å²) in [6, 6.07) is 16.0. The number of nitrogens with zero attached hydrogens (tertiary/aromatic N) is 2. The lowest BCUT2D eigenvalue weighted by atomic mass is 10.1. The maximum atomic E-state index is 12.5. The first-order chi connectivity index (χ1) is 13.2. The van der Waals surface area contributed by atoms with Gasteiger partial charge in [0.2, 0.25) is 5.91 Å². The number of hydrogen-bond acceptors (Lipinski definition) is 4. The highest BCUT2D eigenvalue weighted by Gasteiger charge is 2.21. The van der Waals surface area contributed by atoms with Gasteiger partial charge in [0, 0.05) is 32.7 Å². The topological polar surface area (TPSA) is 42.0 Å². The summed E-state index contributed by atoms with van der Waals surface area (Å²) >= 11 is 0. The number of carbonyl (C=O) groups excluding carboxylic acids is 1. The van der Waals surface area contributed by atoms with Crippen LogP contribution in [0.15, 0.2) is 48.5 Å². The molecule has 1 aliphatic rings. The van der Waals surface area contributed by atoms with Crippen LogP contribution >= 0.6 is 0 Å². The molecule has 3 rings (SSSR count). The number of hydrogen-bond donors (Lipinski definition) is 0. The Morgan fingerprint density at radius 2 is 1.59 bits per heavy atom. The third kappa shape index (κ3) is 5.47. The lowest BCUT2D eigenvalue weighted by molar-refractivity contribution is -0.132. The first kappa shape index (κ1) is 19.2. The van der Waals surface area contributed by atoms with Gasteiger partial charge in [0.15, 0.2) is 0 Å². The molecular weight excluding hydrogens is 340 g/mol. The molecule has 1 fully saturated rings. The van der Waals surface area contributed by atoms with Crippen LogP contribution in [0.5, 0.6) is 11.5 Å². The molecule has 5 nitrogen and oxygen atoms in total. The van der Waals surface area contributed by atoms with Crippen molar-refractivity contribution in [3.8, 4) is 11.5 Å². The first-order valence-corrected chi connectivity index (χ1v) is 9.44. The SMILES string of the molecule is COc1ccc(CC(=O)N2CCN(CCc3cccc(OC)c3)CC2)cc1. The molecule has 1 aliphatic heterocycles. The highest BCUT2D eigenvalue weighted by molar-refractivity contribution is 5.79. The fourth-order valence-corrected chi connectivity index (χ4v) is 3.37. The second kappa shape index (κ2) is 9.42. The van der Waals surface area contributed by atoms with Crippen LogP contribution in [-0.2, 0) is 17.6 Å². The number of piperazine rings is 1. The summed E-state index contributed by atoms with van der Waals surface area (Å²) in [5.41, 5.74) is 2.31. The Kier molecular flexibility index (Phi) is 6.71. The van der Waals surface area contributed by atoms with Crippen molar-refractivity contribution in [2.45, 2.75) is 12.8 Å². The number of ether oxygens (including phenoxy) is 2. The van der Waals surface area contributed by atoms with Crippen LogP contribution in [0, 0.1) is 0 Å². The van der Waals surface area contributed by atoms with E-state index >= 15 is 0 Å². The minimum absolute atomic E-state index is 0.201. The number of amides is 1. The Hall–Kier alpha value is -2.53. The minimum Gasteiger partial charge on any atom is -0.497 e. The van der Waals surface area contributed by atoms with Crippen LogP contribution in [0.1, 0.15) is 11.1 Å². The van der Waals surface area contributed by atoms with E-state index in [1.54, 1.807) is 14.2 Å². The molecule has 1 amide bonds. The molecule has 2 aromatic rings. The Morgan fingerprint density at radius 3 is 2.26 bits per heavy atom. The van der Waals surface area contributed by atoms with Crippen LogP contribution in [0.3, 0.4) is 0 Å². The van der Waals surface area contributed by atoms with Gasteiger partial charge in [-0.25, -0.2) is 0 Å². The molecule has 144 valence electrons. The Bertz CT molecular complexity index is 737. The molecule has 2 aromatic carbocycles. The number of benzene rings is 2. The first-order valence-electron chi connectivity index (χ1n) is 9.44. The monoisotopic (exact) mass is 368 g/mol. The molecule has 0 radical (unpaired) electrons. The zero-order valence-electron chi connectivity index (χ0n) is 16.2. The third-order valence-electron chi connectivity index (χ3n) is 5.09. The van der Waals surface area contributed by atoms with Crippen molar-refractivity contribution >= 4 is 5.91 Å². The fourth-order valence-electron chi connectivity index (χ4n) is 3.37. The van der Waals surface area contributed by atoms with E-state index in [2.05, 4.69) is 17.0 Å². The number of methoxy groups -OCH3 is 2. The number of rotatable bonds is 7. The van der Waals surface area contributed by atoms with Crippen molar-refractivity contribution in [1.29, 1.82) is 0 Å². The highest BCUT2D eigenvalue weighted by atomic mass is 16.5. The van der Waals surface area contributed by atoms with E-state index in [0.717, 1.165) is 56.2 Å². The van der Waals surface area contributed by atoms with Gasteiger partial charge < -0.3 is 14.4 Å². The van der Waals surface area contributed by atoms with E-state index in [1.807, 2.05) is 41.3 Å². The molecule has 1 heterocycles. The van der Waals surface area contributed by atoms with Gasteiger partial charge in [-0.15, -0.1) is 0 Å². The smallest absolute Gasteiger partial charge is 0.227 e. The predicted octanol–water partition coefficient (Wildman–Crippen LogP) is 2.63. The molecule has 0 aromatic heterocycles. The Morgan fingerprint density at radius 1 is 0.889 bits per heavy atom. The molecule has 0 unspecified atom stereocenters. The summed E-state index contributed by atoms with van der Waals surface area (Å²) in [5, 5.41) is 0. The third-order valence-corrected chi connectivity index (χ3v) is 5.09. The predicted molar refractivity (Wildman–Crippen MR) is 106 cm³/mol. The summed E-state index contributed by atoms with van der Waals surface area (Å²) in [6.45, 7) is 4.46. The molecular formula is C22H28N2O3. The van der Waals surface area contributed by atoms with Gasteiger partial charge in [-0.1, -0.05) is 24.3 Å². The van der Waals surface area contributed by atoms with Crippen LogP contribution in [-0.4, -0.2) is 62.7 Å². The second-order valence-corrected chi connectivity index (χ2v) is 6.85. The molecule has 27 heavy (non-hydrogen) atoms. The van der Waals surface area contributed by atoms with Gasteiger partial charge in [-0.3, -0.25) is 9.69 Å². The van der Waals surface area contributed by atoms with E-state index in [0.29, 0.717) is 6.42 Å². The summed E-state index contributed by atoms with van der Waals surface area (Å²) in [7, 11) is 3.34. The highest BCUT2D eigenvalue weighted by Crippen LogP contribution is 2.15. The standard InChI is InChI=1S/C22H28N2O3/c1-26-20-8-6-19(7-9-20)17-22(25)24-14-12-23(13-15-24)11-10-18-4-3-5-21(16-18)27-2/h3-9,16H,10-15,17H2,1-2H3. The molecule has 0 atom stereocenters. The summed E-state index contributed by atoms with van der Waals surface area (Å²) in [5.74, 6) is 1.92. The molecule has 0 aliphatic carbocycles. The summed E-state index contributed by atoms with van der Waals surface area (Å²) in [6.07, 6.45) is 1.45. The van der Waals surface area contributed by atoms with Crippen LogP contribution in [0.2, 0.25) is 0 Å². The average molecular weight is 368 g/mol. The molecule has 0 spiro atoms. The summed E-state index contributed by atoms with van der Waals surface area (Å²) in [4.78, 5) is 16.9. The van der Waals surface area contributed by atoms with Crippen molar-refractivity contribution in [1.82, 2.24) is 9.80 Å². The molecule has 0 bridgehead atoms. The van der Waals surface area contributed by atoms with E-state index < -0.39 is 0 Å². The summed E-state index contributed by atoms with van der Waals surface area (Å²) < 4.78 is 10.4. The number of carbonyl (C=O) groups is 1. The van der Waals surface area contributed by atoms with Gasteiger partial charge in [0.25, 0.3) is 0 Å². The van der Waals surface area contributed by atoms with Crippen molar-refractivity contribution in [3.63, 3.8) is 0 Å². The van der Waals surface area contributed by atoms with E-state index in [-0.39, 0.29) is 5.91 Å². The van der Waals surface area contributed by atoms with Crippen LogP contribution < -0.4 is 9.47 Å². The zero-order chi connectivity index (χ0) is 19.1. The van der Waals surface area contributed by atoms with Crippen LogP contribution in [0.4, 0.5) is 0 Å². The normalized spacial score (nSPS) is 14.8. The van der Waals surface area contributed by atoms with Gasteiger partial charge in [-0.2, -0.15) is 0 Å². The van der Waals surface area contributed by atoms with E-state index in [9.17, 15) is 4.79 Å².